The monoisotopic (exact) mass is 636 g/mol. The van der Waals surface area contributed by atoms with E-state index in [-0.39, 0.29) is 57.7 Å². The van der Waals surface area contributed by atoms with E-state index in [1.165, 1.54) is 38.3 Å². The van der Waals surface area contributed by atoms with Gasteiger partial charge in [0.1, 0.15) is 40.9 Å². The Kier molecular flexibility index (Phi) is 10.1. The molecule has 11 heteroatoms. The number of hydrogen-bond donors (Lipinski definition) is 2. The van der Waals surface area contributed by atoms with Crippen LogP contribution < -0.4 is 5.43 Å². The fourth-order valence-electron chi connectivity index (χ4n) is 6.21. The molecule has 46 heavy (non-hydrogen) atoms. The maximum absolute atomic E-state index is 13.2. The Bertz CT molecular complexity index is 1640. The van der Waals surface area contributed by atoms with E-state index < -0.39 is 36.5 Å². The molecule has 8 atom stereocenters. The van der Waals surface area contributed by atoms with Gasteiger partial charge in [-0.2, -0.15) is 0 Å². The van der Waals surface area contributed by atoms with Gasteiger partial charge in [0, 0.05) is 26.2 Å². The predicted octanol–water partition coefficient (Wildman–Crippen LogP) is 5.17. The van der Waals surface area contributed by atoms with Gasteiger partial charge in [-0.15, -0.1) is 0 Å². The van der Waals surface area contributed by atoms with Crippen LogP contribution >= 0.6 is 0 Å². The SMILES string of the molecule is CCC1OC(Cc2cc(O)c3c(=O)c(-c4ccc(O)cc4)coc3c2)C=CC1OC1OC(CC)C(C)C(OC(C)=O)C1OC(C)=O. The minimum atomic E-state index is -0.995. The van der Waals surface area contributed by atoms with Crippen molar-refractivity contribution < 1.29 is 47.9 Å². The lowest BCUT2D eigenvalue weighted by Crippen LogP contribution is -2.58. The van der Waals surface area contributed by atoms with Crippen molar-refractivity contribution in [3.8, 4) is 22.6 Å². The second kappa shape index (κ2) is 14.1. The number of carbonyl (C=O) groups excluding carboxylic acids is 2. The summed E-state index contributed by atoms with van der Waals surface area (Å²) in [5.74, 6) is -1.40. The number of benzene rings is 2. The zero-order chi connectivity index (χ0) is 33.1. The molecule has 0 saturated carbocycles. The molecule has 0 aliphatic carbocycles. The highest BCUT2D eigenvalue weighted by molar-refractivity contribution is 5.87. The first-order valence-electron chi connectivity index (χ1n) is 15.5. The summed E-state index contributed by atoms with van der Waals surface area (Å²) in [5, 5.41) is 20.5. The largest absolute Gasteiger partial charge is 0.508 e. The zero-order valence-electron chi connectivity index (χ0n) is 26.5. The minimum Gasteiger partial charge on any atom is -0.508 e. The number of aromatic hydroxyl groups is 2. The van der Waals surface area contributed by atoms with Crippen molar-refractivity contribution in [3.05, 3.63) is 70.6 Å². The van der Waals surface area contributed by atoms with Crippen LogP contribution in [0.25, 0.3) is 22.1 Å². The summed E-state index contributed by atoms with van der Waals surface area (Å²) in [4.78, 5) is 37.2. The molecule has 1 fully saturated rings. The molecule has 2 aliphatic rings. The summed E-state index contributed by atoms with van der Waals surface area (Å²) in [6, 6.07) is 9.39. The van der Waals surface area contributed by atoms with Crippen molar-refractivity contribution in [3.63, 3.8) is 0 Å². The summed E-state index contributed by atoms with van der Waals surface area (Å²) in [6.45, 7) is 8.41. The van der Waals surface area contributed by atoms with E-state index in [2.05, 4.69) is 0 Å². The van der Waals surface area contributed by atoms with Crippen LogP contribution in [0.2, 0.25) is 0 Å². The average molecular weight is 637 g/mol. The van der Waals surface area contributed by atoms with Gasteiger partial charge in [-0.3, -0.25) is 14.4 Å². The molecule has 1 aromatic heterocycles. The number of esters is 2. The Labute approximate surface area is 266 Å². The number of fused-ring (bicyclic) bond motifs is 1. The third-order valence-electron chi connectivity index (χ3n) is 8.47. The molecule has 1 saturated heterocycles. The van der Waals surface area contributed by atoms with Crippen molar-refractivity contribution in [1.29, 1.82) is 0 Å². The summed E-state index contributed by atoms with van der Waals surface area (Å²) in [6.07, 6.45) is 2.38. The molecule has 0 amide bonds. The minimum absolute atomic E-state index is 0.0657. The van der Waals surface area contributed by atoms with Crippen LogP contribution in [0, 0.1) is 5.92 Å². The Morgan fingerprint density at radius 1 is 0.891 bits per heavy atom. The molecule has 2 aromatic carbocycles. The van der Waals surface area contributed by atoms with E-state index >= 15 is 0 Å². The fraction of sp³-hybridized carbons (Fsp3) is 0.457. The number of hydrogen-bond acceptors (Lipinski definition) is 11. The Morgan fingerprint density at radius 2 is 1.57 bits per heavy atom. The number of ether oxygens (including phenoxy) is 5. The maximum Gasteiger partial charge on any atom is 0.303 e. The molecule has 2 aliphatic heterocycles. The van der Waals surface area contributed by atoms with Gasteiger partial charge in [0.05, 0.1) is 23.9 Å². The third-order valence-corrected chi connectivity index (χ3v) is 8.47. The third kappa shape index (κ3) is 7.11. The van der Waals surface area contributed by atoms with Crippen molar-refractivity contribution in [2.75, 3.05) is 0 Å². The van der Waals surface area contributed by atoms with Crippen LogP contribution in [-0.2, 0) is 39.7 Å². The molecule has 8 unspecified atom stereocenters. The van der Waals surface area contributed by atoms with Crippen molar-refractivity contribution in [1.82, 2.24) is 0 Å². The maximum atomic E-state index is 13.2. The van der Waals surface area contributed by atoms with Gasteiger partial charge in [-0.25, -0.2) is 0 Å². The van der Waals surface area contributed by atoms with Crippen LogP contribution in [-0.4, -0.2) is 65.1 Å². The van der Waals surface area contributed by atoms with E-state index in [9.17, 15) is 24.6 Å². The summed E-state index contributed by atoms with van der Waals surface area (Å²) in [7, 11) is 0. The van der Waals surface area contributed by atoms with Crippen molar-refractivity contribution in [2.45, 2.75) is 96.8 Å². The second-order valence-corrected chi connectivity index (χ2v) is 11.8. The molecule has 0 spiro atoms. The smallest absolute Gasteiger partial charge is 0.303 e. The number of rotatable bonds is 9. The van der Waals surface area contributed by atoms with Gasteiger partial charge in [0.15, 0.2) is 12.4 Å². The molecule has 0 radical (unpaired) electrons. The molecule has 3 heterocycles. The first-order valence-corrected chi connectivity index (χ1v) is 15.5. The molecule has 0 bridgehead atoms. The Balaban J connectivity index is 1.34. The predicted molar refractivity (Wildman–Crippen MR) is 167 cm³/mol. The average Bonchev–Trinajstić information content (AvgIpc) is 3.01. The van der Waals surface area contributed by atoms with Crippen LogP contribution in [0.5, 0.6) is 11.5 Å². The molecule has 246 valence electrons. The number of phenolic OH excluding ortho intramolecular Hbond substituents is 2. The highest BCUT2D eigenvalue weighted by Gasteiger charge is 2.49. The van der Waals surface area contributed by atoms with Gasteiger partial charge in [0.25, 0.3) is 0 Å². The topological polar surface area (TPSA) is 151 Å². The second-order valence-electron chi connectivity index (χ2n) is 11.8. The summed E-state index contributed by atoms with van der Waals surface area (Å²) >= 11 is 0. The fourth-order valence-corrected chi connectivity index (χ4v) is 6.21. The number of phenols is 2. The van der Waals surface area contributed by atoms with Crippen LogP contribution in [0.4, 0.5) is 0 Å². The first-order chi connectivity index (χ1) is 22.0. The number of carbonyl (C=O) groups is 2. The zero-order valence-corrected chi connectivity index (χ0v) is 26.5. The molecule has 11 nitrogen and oxygen atoms in total. The van der Waals surface area contributed by atoms with Gasteiger partial charge in [0.2, 0.25) is 5.43 Å². The summed E-state index contributed by atoms with van der Waals surface area (Å²) < 4.78 is 36.0. The molecular weight excluding hydrogens is 596 g/mol. The van der Waals surface area contributed by atoms with Crippen LogP contribution in [0.3, 0.4) is 0 Å². The van der Waals surface area contributed by atoms with E-state index in [0.717, 1.165) is 0 Å². The molecule has 2 N–H and O–H groups in total. The quantitative estimate of drug-likeness (QED) is 0.237. The van der Waals surface area contributed by atoms with Gasteiger partial charge < -0.3 is 38.3 Å². The van der Waals surface area contributed by atoms with Crippen molar-refractivity contribution in [2.24, 2.45) is 5.92 Å². The van der Waals surface area contributed by atoms with E-state index in [1.54, 1.807) is 18.2 Å². The lowest BCUT2D eigenvalue weighted by molar-refractivity contribution is -0.305. The van der Waals surface area contributed by atoms with Gasteiger partial charge in [-0.05, 0) is 48.2 Å². The molecule has 5 rings (SSSR count). The summed E-state index contributed by atoms with van der Waals surface area (Å²) in [5.41, 5.74) is 1.37. The molecular formula is C35H40O11. The van der Waals surface area contributed by atoms with E-state index in [4.69, 9.17) is 28.1 Å². The lowest BCUT2D eigenvalue weighted by Gasteiger charge is -2.45. The lowest BCUT2D eigenvalue weighted by atomic mass is 9.89. The highest BCUT2D eigenvalue weighted by Crippen LogP contribution is 2.35. The van der Waals surface area contributed by atoms with Crippen LogP contribution in [0.1, 0.15) is 53.0 Å². The Hall–Kier alpha value is -4.19. The van der Waals surface area contributed by atoms with Gasteiger partial charge >= 0.3 is 11.9 Å². The first kappa shape index (κ1) is 33.2. The van der Waals surface area contributed by atoms with Crippen molar-refractivity contribution >= 4 is 22.9 Å². The van der Waals surface area contributed by atoms with E-state index in [1.807, 2.05) is 32.9 Å². The Morgan fingerprint density at radius 3 is 2.22 bits per heavy atom. The van der Waals surface area contributed by atoms with Crippen LogP contribution in [0.15, 0.2) is 64.0 Å². The van der Waals surface area contributed by atoms with Gasteiger partial charge in [-0.1, -0.05) is 45.1 Å². The van der Waals surface area contributed by atoms with E-state index in [0.29, 0.717) is 30.4 Å². The normalized spacial score (nSPS) is 27.8. The molecule has 3 aromatic rings. The standard InChI is InChI=1S/C35H40O11/c1-6-27-18(3)33(42-19(4)36)34(43-20(5)37)35(45-27)46-29-13-12-24(44-28(29)7-2)14-21-15-26(39)31-30(16-21)41-17-25(32(31)40)22-8-10-23(38)11-9-22/h8-13,15-18,24,27-29,33-35,38-39H,6-7,14H2,1-5H3. The highest BCUT2D eigenvalue weighted by atomic mass is 16.7.